The third kappa shape index (κ3) is 5.36. The molecule has 1 atom stereocenters. The van der Waals surface area contributed by atoms with Gasteiger partial charge in [0.25, 0.3) is 5.91 Å². The fourth-order valence-corrected chi connectivity index (χ4v) is 4.00. The lowest BCUT2D eigenvalue weighted by Gasteiger charge is -2.25. The van der Waals surface area contributed by atoms with Crippen LogP contribution < -0.4 is 14.8 Å². The summed E-state index contributed by atoms with van der Waals surface area (Å²) >= 11 is 0. The number of methoxy groups -OCH3 is 2. The van der Waals surface area contributed by atoms with Crippen LogP contribution in [0.1, 0.15) is 22.0 Å². The number of nitrogens with one attached hydrogen (secondary N) is 1. The molecule has 0 bridgehead atoms. The predicted octanol–water partition coefficient (Wildman–Crippen LogP) is 4.59. The number of amides is 1. The van der Waals surface area contributed by atoms with Gasteiger partial charge >= 0.3 is 0 Å². The third-order valence-electron chi connectivity index (χ3n) is 5.92. The summed E-state index contributed by atoms with van der Waals surface area (Å²) in [5, 5.41) is 7.89. The molecule has 0 aliphatic heterocycles. The molecule has 1 heterocycles. The van der Waals surface area contributed by atoms with Crippen molar-refractivity contribution >= 4 is 5.91 Å². The lowest BCUT2D eigenvalue weighted by Crippen LogP contribution is -2.34. The van der Waals surface area contributed by atoms with Gasteiger partial charge in [0, 0.05) is 18.3 Å². The standard InChI is InChI=1S/C28H30N4O3/c1-31(2)25(20-14-16-22(34-3)17-15-20)18-29-28(33)24-19-32(21-10-6-5-7-11-21)30-27(24)23-12-8-9-13-26(23)35-4/h5-17,19,25H,18H2,1-4H3,(H,29,33)/t25-/m0/s1. The third-order valence-corrected chi connectivity index (χ3v) is 5.92. The fourth-order valence-electron chi connectivity index (χ4n) is 4.00. The van der Waals surface area contributed by atoms with E-state index in [-0.39, 0.29) is 11.9 Å². The Morgan fingerprint density at radius 3 is 2.29 bits per heavy atom. The molecule has 3 aromatic carbocycles. The van der Waals surface area contributed by atoms with Crippen molar-refractivity contribution in [3.05, 3.63) is 96.2 Å². The highest BCUT2D eigenvalue weighted by Gasteiger charge is 2.23. The maximum atomic E-state index is 13.5. The number of rotatable bonds is 9. The van der Waals surface area contributed by atoms with E-state index in [0.29, 0.717) is 23.6 Å². The molecule has 4 rings (SSSR count). The summed E-state index contributed by atoms with van der Waals surface area (Å²) in [5.74, 6) is 1.25. The number of carbonyl (C=O) groups excluding carboxylic acids is 1. The Morgan fingerprint density at radius 2 is 1.63 bits per heavy atom. The summed E-state index contributed by atoms with van der Waals surface area (Å²) in [6.45, 7) is 0.431. The summed E-state index contributed by atoms with van der Waals surface area (Å²) < 4.78 is 12.6. The van der Waals surface area contributed by atoms with Crippen LogP contribution in [0.5, 0.6) is 11.5 Å². The van der Waals surface area contributed by atoms with Gasteiger partial charge in [-0.05, 0) is 56.1 Å². The largest absolute Gasteiger partial charge is 0.497 e. The summed E-state index contributed by atoms with van der Waals surface area (Å²) in [6.07, 6.45) is 1.77. The summed E-state index contributed by atoms with van der Waals surface area (Å²) in [6, 6.07) is 25.2. The minimum Gasteiger partial charge on any atom is -0.497 e. The molecule has 0 spiro atoms. The SMILES string of the molecule is COc1ccc([C@H](CNC(=O)c2cn(-c3ccccc3)nc2-c2ccccc2OC)N(C)C)cc1. The highest BCUT2D eigenvalue weighted by atomic mass is 16.5. The average Bonchev–Trinajstić information content (AvgIpc) is 3.35. The number of para-hydroxylation sites is 2. The van der Waals surface area contributed by atoms with Crippen LogP contribution in [0.4, 0.5) is 0 Å². The zero-order valence-electron chi connectivity index (χ0n) is 20.4. The number of benzene rings is 3. The lowest BCUT2D eigenvalue weighted by atomic mass is 10.0. The van der Waals surface area contributed by atoms with Gasteiger partial charge in [0.1, 0.15) is 17.2 Å². The van der Waals surface area contributed by atoms with E-state index < -0.39 is 0 Å². The van der Waals surface area contributed by atoms with Gasteiger partial charge in [-0.1, -0.05) is 42.5 Å². The molecule has 0 fully saturated rings. The van der Waals surface area contributed by atoms with Crippen molar-refractivity contribution < 1.29 is 14.3 Å². The van der Waals surface area contributed by atoms with Crippen LogP contribution >= 0.6 is 0 Å². The van der Waals surface area contributed by atoms with Crippen LogP contribution in [0.2, 0.25) is 0 Å². The zero-order valence-corrected chi connectivity index (χ0v) is 20.4. The average molecular weight is 471 g/mol. The molecule has 180 valence electrons. The van der Waals surface area contributed by atoms with E-state index in [0.717, 1.165) is 22.6 Å². The second-order valence-electron chi connectivity index (χ2n) is 8.33. The Bertz CT molecular complexity index is 1270. The number of aromatic nitrogens is 2. The topological polar surface area (TPSA) is 68.6 Å². The molecule has 0 radical (unpaired) electrons. The minimum atomic E-state index is -0.201. The van der Waals surface area contributed by atoms with Crippen LogP contribution in [0.25, 0.3) is 16.9 Å². The second-order valence-corrected chi connectivity index (χ2v) is 8.33. The van der Waals surface area contributed by atoms with Crippen molar-refractivity contribution in [1.29, 1.82) is 0 Å². The van der Waals surface area contributed by atoms with Crippen molar-refractivity contribution in [3.63, 3.8) is 0 Å². The Balaban J connectivity index is 1.65. The molecule has 0 saturated carbocycles. The van der Waals surface area contributed by atoms with Gasteiger partial charge in [0.05, 0.1) is 31.5 Å². The normalized spacial score (nSPS) is 11.8. The number of hydrogen-bond donors (Lipinski definition) is 1. The van der Waals surface area contributed by atoms with E-state index >= 15 is 0 Å². The number of likely N-dealkylation sites (N-methyl/N-ethyl adjacent to an activating group) is 1. The van der Waals surface area contributed by atoms with Crippen LogP contribution in [0, 0.1) is 0 Å². The van der Waals surface area contributed by atoms with Crippen molar-refractivity contribution in [2.24, 2.45) is 0 Å². The molecule has 7 heteroatoms. The smallest absolute Gasteiger partial charge is 0.255 e. The van der Waals surface area contributed by atoms with E-state index in [2.05, 4.69) is 10.2 Å². The van der Waals surface area contributed by atoms with Crippen molar-refractivity contribution in [2.45, 2.75) is 6.04 Å². The molecule has 0 unspecified atom stereocenters. The molecular weight excluding hydrogens is 440 g/mol. The molecule has 35 heavy (non-hydrogen) atoms. The highest BCUT2D eigenvalue weighted by molar-refractivity contribution is 6.00. The Morgan fingerprint density at radius 1 is 0.943 bits per heavy atom. The van der Waals surface area contributed by atoms with Gasteiger partial charge in [-0.15, -0.1) is 0 Å². The maximum absolute atomic E-state index is 13.5. The molecule has 0 saturated heterocycles. The van der Waals surface area contributed by atoms with Crippen LogP contribution in [-0.2, 0) is 0 Å². The number of nitrogens with zero attached hydrogens (tertiary/aromatic N) is 3. The van der Waals surface area contributed by atoms with Gasteiger partial charge < -0.3 is 19.7 Å². The van der Waals surface area contributed by atoms with Crippen molar-refractivity contribution in [2.75, 3.05) is 34.9 Å². The zero-order chi connectivity index (χ0) is 24.8. The number of ether oxygens (including phenoxy) is 2. The number of carbonyl (C=O) groups is 1. The lowest BCUT2D eigenvalue weighted by molar-refractivity contribution is 0.0942. The summed E-state index contributed by atoms with van der Waals surface area (Å²) in [4.78, 5) is 15.6. The van der Waals surface area contributed by atoms with Crippen molar-refractivity contribution in [3.8, 4) is 28.4 Å². The summed E-state index contributed by atoms with van der Waals surface area (Å²) in [5.41, 5.74) is 3.75. The fraction of sp³-hybridized carbons (Fsp3) is 0.214. The van der Waals surface area contributed by atoms with Gasteiger partial charge in [-0.2, -0.15) is 5.10 Å². The molecule has 1 amide bonds. The molecule has 0 aliphatic rings. The molecular formula is C28H30N4O3. The van der Waals surface area contributed by atoms with Crippen molar-refractivity contribution in [1.82, 2.24) is 20.0 Å². The van der Waals surface area contributed by atoms with E-state index in [1.165, 1.54) is 0 Å². The first kappa shape index (κ1) is 24.0. The first-order chi connectivity index (χ1) is 17.0. The van der Waals surface area contributed by atoms with E-state index in [9.17, 15) is 4.79 Å². The van der Waals surface area contributed by atoms with E-state index in [4.69, 9.17) is 14.6 Å². The Hall–Kier alpha value is -4.10. The molecule has 1 N–H and O–H groups in total. The highest BCUT2D eigenvalue weighted by Crippen LogP contribution is 2.32. The Labute approximate surface area is 205 Å². The van der Waals surface area contributed by atoms with E-state index in [1.54, 1.807) is 25.1 Å². The molecule has 1 aromatic heterocycles. The molecule has 0 aliphatic carbocycles. The second kappa shape index (κ2) is 10.9. The maximum Gasteiger partial charge on any atom is 0.255 e. The van der Waals surface area contributed by atoms with Crippen LogP contribution in [-0.4, -0.2) is 55.4 Å². The van der Waals surface area contributed by atoms with Gasteiger partial charge in [0.15, 0.2) is 0 Å². The monoisotopic (exact) mass is 470 g/mol. The summed E-state index contributed by atoms with van der Waals surface area (Å²) in [7, 11) is 7.25. The first-order valence-electron chi connectivity index (χ1n) is 11.4. The molecule has 7 nitrogen and oxygen atoms in total. The van der Waals surface area contributed by atoms with Gasteiger partial charge in [-0.25, -0.2) is 4.68 Å². The quantitative estimate of drug-likeness (QED) is 0.388. The van der Waals surface area contributed by atoms with E-state index in [1.807, 2.05) is 93.0 Å². The van der Waals surface area contributed by atoms with Gasteiger partial charge in [-0.3, -0.25) is 4.79 Å². The molecule has 4 aromatic rings. The van der Waals surface area contributed by atoms with Crippen LogP contribution in [0.15, 0.2) is 85.1 Å². The minimum absolute atomic E-state index is 0.0104. The Kier molecular flexibility index (Phi) is 7.48. The first-order valence-corrected chi connectivity index (χ1v) is 11.4. The van der Waals surface area contributed by atoms with Gasteiger partial charge in [0.2, 0.25) is 0 Å². The predicted molar refractivity (Wildman–Crippen MR) is 137 cm³/mol. The van der Waals surface area contributed by atoms with Crippen LogP contribution in [0.3, 0.4) is 0 Å². The number of hydrogen-bond acceptors (Lipinski definition) is 5.